The molecule has 0 radical (unpaired) electrons. The van der Waals surface area contributed by atoms with Crippen molar-refractivity contribution in [2.45, 2.75) is 57.4 Å². The first-order chi connectivity index (χ1) is 14.5. The second-order valence-corrected chi connectivity index (χ2v) is 7.82. The van der Waals surface area contributed by atoms with Crippen LogP contribution in [0.2, 0.25) is 5.02 Å². The lowest BCUT2D eigenvalue weighted by Gasteiger charge is -2.24. The summed E-state index contributed by atoms with van der Waals surface area (Å²) in [6.07, 6.45) is 14.3. The van der Waals surface area contributed by atoms with Gasteiger partial charge in [0.2, 0.25) is 18.2 Å². The lowest BCUT2D eigenvalue weighted by atomic mass is 9.95. The third kappa shape index (κ3) is 8.46. The monoisotopic (exact) mass is 433 g/mol. The number of hydrogen-bond donors (Lipinski definition) is 2. The quantitative estimate of drug-likeness (QED) is 0.534. The van der Waals surface area contributed by atoms with Crippen molar-refractivity contribution in [1.82, 2.24) is 15.5 Å². The van der Waals surface area contributed by atoms with Gasteiger partial charge in [0, 0.05) is 31.6 Å². The summed E-state index contributed by atoms with van der Waals surface area (Å²) in [4.78, 5) is 36.8. The van der Waals surface area contributed by atoms with E-state index in [-0.39, 0.29) is 30.6 Å². The Balaban J connectivity index is 0.000000802. The third-order valence-corrected chi connectivity index (χ3v) is 5.20. The van der Waals surface area contributed by atoms with Crippen molar-refractivity contribution in [2.75, 3.05) is 20.1 Å². The number of halogens is 1. The van der Waals surface area contributed by atoms with Gasteiger partial charge in [-0.15, -0.1) is 12.8 Å². The second-order valence-electron chi connectivity index (χ2n) is 7.38. The maximum Gasteiger partial charge on any atom is 0.242 e. The Kier molecular flexibility index (Phi) is 11.6. The molecule has 0 saturated heterocycles. The second kappa shape index (κ2) is 13.7. The smallest absolute Gasteiger partial charge is 0.242 e. The van der Waals surface area contributed by atoms with Crippen LogP contribution in [0.1, 0.15) is 56.1 Å². The fraction of sp³-hybridized carbons (Fsp3) is 0.522. The van der Waals surface area contributed by atoms with Gasteiger partial charge in [-0.05, 0) is 42.0 Å². The van der Waals surface area contributed by atoms with E-state index in [1.54, 1.807) is 0 Å². The van der Waals surface area contributed by atoms with E-state index in [1.165, 1.54) is 37.4 Å². The first-order valence-corrected chi connectivity index (χ1v) is 10.6. The number of nitrogens with one attached hydrogen (secondary N) is 2. The van der Waals surface area contributed by atoms with Crippen LogP contribution >= 0.6 is 11.6 Å². The van der Waals surface area contributed by atoms with Gasteiger partial charge >= 0.3 is 0 Å². The number of terminal acetylenes is 1. The van der Waals surface area contributed by atoms with Gasteiger partial charge in [-0.2, -0.15) is 0 Å². The van der Waals surface area contributed by atoms with E-state index in [2.05, 4.69) is 30.4 Å². The van der Waals surface area contributed by atoms with Gasteiger partial charge in [0.05, 0.1) is 0 Å². The first-order valence-electron chi connectivity index (χ1n) is 10.3. The molecule has 3 rings (SSSR count). The molecule has 164 valence electrons. The van der Waals surface area contributed by atoms with E-state index in [0.717, 1.165) is 6.42 Å². The molecule has 1 aromatic carbocycles. The molecule has 2 N–H and O–H groups in total. The molecule has 1 fully saturated rings. The average Bonchev–Trinajstić information content (AvgIpc) is 3.64. The molecule has 0 bridgehead atoms. The Labute approximate surface area is 184 Å². The number of carbonyl (C=O) groups is 3. The van der Waals surface area contributed by atoms with Crippen LogP contribution in [0.3, 0.4) is 0 Å². The number of fused-ring (bicyclic) bond motifs is 1. The lowest BCUT2D eigenvalue weighted by Crippen LogP contribution is -2.43. The number of rotatable bonds is 6. The maximum atomic E-state index is 12.6. The van der Waals surface area contributed by atoms with Crippen molar-refractivity contribution in [3.05, 3.63) is 34.3 Å². The zero-order valence-electron chi connectivity index (χ0n) is 17.8. The number of nitrogens with zero attached hydrogens (tertiary/aromatic N) is 1. The van der Waals surface area contributed by atoms with Gasteiger partial charge in [-0.1, -0.05) is 43.9 Å². The normalized spacial score (nSPS) is 17.4. The van der Waals surface area contributed by atoms with Crippen LogP contribution < -0.4 is 10.6 Å². The molecule has 1 aliphatic heterocycles. The molecular formula is C23H32ClN3O3. The lowest BCUT2D eigenvalue weighted by molar-refractivity contribution is -0.132. The van der Waals surface area contributed by atoms with Gasteiger partial charge in [-0.3, -0.25) is 14.4 Å². The molecule has 6 nitrogen and oxygen atoms in total. The Morgan fingerprint density at radius 1 is 1.30 bits per heavy atom. The van der Waals surface area contributed by atoms with Crippen LogP contribution in [0.25, 0.3) is 0 Å². The van der Waals surface area contributed by atoms with Crippen LogP contribution in [0.4, 0.5) is 0 Å². The van der Waals surface area contributed by atoms with Gasteiger partial charge in [0.25, 0.3) is 0 Å². The van der Waals surface area contributed by atoms with Crippen molar-refractivity contribution in [1.29, 1.82) is 0 Å². The van der Waals surface area contributed by atoms with E-state index in [9.17, 15) is 14.4 Å². The fourth-order valence-electron chi connectivity index (χ4n) is 3.23. The molecule has 3 amide bonds. The van der Waals surface area contributed by atoms with Crippen LogP contribution in [0, 0.1) is 12.8 Å². The van der Waals surface area contributed by atoms with Gasteiger partial charge < -0.3 is 15.5 Å². The first kappa shape index (κ1) is 25.5. The van der Waals surface area contributed by atoms with E-state index in [0.29, 0.717) is 24.5 Å². The molecule has 1 aromatic rings. The van der Waals surface area contributed by atoms with Crippen molar-refractivity contribution in [3.63, 3.8) is 0 Å². The number of amides is 3. The maximum absolute atomic E-state index is 12.6. The molecule has 1 heterocycles. The molecular weight excluding hydrogens is 402 g/mol. The predicted octanol–water partition coefficient (Wildman–Crippen LogP) is 2.89. The highest BCUT2D eigenvalue weighted by Gasteiger charge is 2.25. The molecule has 30 heavy (non-hydrogen) atoms. The van der Waals surface area contributed by atoms with E-state index in [4.69, 9.17) is 11.6 Å². The Hall–Kier alpha value is -2.52. The molecule has 7 heteroatoms. The summed E-state index contributed by atoms with van der Waals surface area (Å²) >= 11 is 6.10. The van der Waals surface area contributed by atoms with Crippen molar-refractivity contribution >= 4 is 29.8 Å². The summed E-state index contributed by atoms with van der Waals surface area (Å²) in [7, 11) is 1.50. The number of likely N-dealkylation sites (N-methyl/N-ethyl adjacent to an activating group) is 1. The SMILES string of the molecule is C#C.C1CC1.CNC(=O)[C@@H](CCC(=O)N1CCc2ccc(Cl)cc2C(C)C1)NC=O. The van der Waals surface area contributed by atoms with Gasteiger partial charge in [0.15, 0.2) is 0 Å². The number of benzene rings is 1. The predicted molar refractivity (Wildman–Crippen MR) is 120 cm³/mol. The van der Waals surface area contributed by atoms with E-state index >= 15 is 0 Å². The molecule has 2 aliphatic rings. The highest BCUT2D eigenvalue weighted by molar-refractivity contribution is 6.30. The average molecular weight is 434 g/mol. The van der Waals surface area contributed by atoms with E-state index < -0.39 is 6.04 Å². The Morgan fingerprint density at radius 3 is 2.53 bits per heavy atom. The van der Waals surface area contributed by atoms with Crippen molar-refractivity contribution < 1.29 is 14.4 Å². The van der Waals surface area contributed by atoms with Gasteiger partial charge in [-0.25, -0.2) is 0 Å². The fourth-order valence-corrected chi connectivity index (χ4v) is 3.41. The zero-order chi connectivity index (χ0) is 22.5. The molecule has 0 spiro atoms. The van der Waals surface area contributed by atoms with Crippen LogP contribution in [0.15, 0.2) is 18.2 Å². The van der Waals surface area contributed by atoms with Crippen molar-refractivity contribution in [2.24, 2.45) is 0 Å². The Morgan fingerprint density at radius 2 is 1.97 bits per heavy atom. The zero-order valence-corrected chi connectivity index (χ0v) is 18.6. The summed E-state index contributed by atoms with van der Waals surface area (Å²) in [5, 5.41) is 5.65. The molecule has 1 saturated carbocycles. The molecule has 1 aliphatic carbocycles. The minimum Gasteiger partial charge on any atom is -0.357 e. The van der Waals surface area contributed by atoms with Gasteiger partial charge in [0.1, 0.15) is 6.04 Å². The largest absolute Gasteiger partial charge is 0.357 e. The van der Waals surface area contributed by atoms with Crippen LogP contribution in [-0.2, 0) is 20.8 Å². The minimum absolute atomic E-state index is 0.00708. The summed E-state index contributed by atoms with van der Waals surface area (Å²) in [5.41, 5.74) is 2.41. The third-order valence-electron chi connectivity index (χ3n) is 4.97. The number of hydrogen-bond acceptors (Lipinski definition) is 3. The summed E-state index contributed by atoms with van der Waals surface area (Å²) in [6.45, 7) is 3.35. The molecule has 2 atom stereocenters. The van der Waals surface area contributed by atoms with Crippen LogP contribution in [0.5, 0.6) is 0 Å². The highest BCUT2D eigenvalue weighted by atomic mass is 35.5. The van der Waals surface area contributed by atoms with Crippen molar-refractivity contribution in [3.8, 4) is 12.8 Å². The summed E-state index contributed by atoms with van der Waals surface area (Å²) in [6, 6.07) is 5.19. The summed E-state index contributed by atoms with van der Waals surface area (Å²) in [5.74, 6) is -0.110. The molecule has 1 unspecified atom stereocenters. The standard InChI is InChI=1S/C18H24ClN3O3.C3H6.C2H2/c1-12-10-22(8-7-13-3-4-14(19)9-15(12)13)17(24)6-5-16(21-11-23)18(25)20-2;1-2-3-1;1-2/h3-4,9,11-12,16H,5-8,10H2,1-2H3,(H,20,25)(H,21,23);1-3H2;1-2H/t12?,16-;;/m1../s1. The Bertz CT molecular complexity index is 731. The molecule has 0 aromatic heterocycles. The highest BCUT2D eigenvalue weighted by Crippen LogP contribution is 2.28. The minimum atomic E-state index is -0.688. The summed E-state index contributed by atoms with van der Waals surface area (Å²) < 4.78 is 0. The topological polar surface area (TPSA) is 78.5 Å². The number of carbonyl (C=O) groups excluding carboxylic acids is 3. The van der Waals surface area contributed by atoms with Crippen LogP contribution in [-0.4, -0.2) is 49.3 Å². The van der Waals surface area contributed by atoms with E-state index in [1.807, 2.05) is 23.1 Å².